The van der Waals surface area contributed by atoms with E-state index in [0.29, 0.717) is 34.4 Å². The molecule has 0 aliphatic rings. The third-order valence-electron chi connectivity index (χ3n) is 6.75. The van der Waals surface area contributed by atoms with Gasteiger partial charge in [-0.25, -0.2) is 9.97 Å². The Morgan fingerprint density at radius 2 is 1.59 bits per heavy atom. The second-order valence-electron chi connectivity index (χ2n) is 9.47. The number of para-hydroxylation sites is 1. The molecule has 0 aliphatic heterocycles. The summed E-state index contributed by atoms with van der Waals surface area (Å²) in [6, 6.07) is 7.31. The smallest absolute Gasteiger partial charge is 0.366 e. The highest BCUT2D eigenvalue weighted by Crippen LogP contribution is 2.34. The van der Waals surface area contributed by atoms with Crippen LogP contribution in [0.3, 0.4) is 0 Å². The highest BCUT2D eigenvalue weighted by molar-refractivity contribution is 7.93. The van der Waals surface area contributed by atoms with Crippen molar-refractivity contribution in [2.45, 2.75) is 38.9 Å². The molecule has 1 aromatic carbocycles. The fraction of sp³-hybridized carbons (Fsp3) is 0.370. The number of sulfonamides is 1. The summed E-state index contributed by atoms with van der Waals surface area (Å²) in [7, 11) is 2.37. The molecule has 0 unspecified atom stereocenters. The monoisotopic (exact) mass is 552 g/mol. The maximum atomic E-state index is 14.1. The van der Waals surface area contributed by atoms with Crippen molar-refractivity contribution in [2.24, 2.45) is 7.05 Å². The van der Waals surface area contributed by atoms with E-state index in [1.165, 1.54) is 16.0 Å². The van der Waals surface area contributed by atoms with Crippen LogP contribution in [-0.2, 0) is 17.1 Å². The number of aryl methyl sites for hydroxylation is 3. The van der Waals surface area contributed by atoms with Crippen LogP contribution in [0.25, 0.3) is 17.1 Å². The molecule has 0 radical (unpaired) electrons. The number of anilines is 1. The molecule has 4 aromatic rings. The zero-order valence-corrected chi connectivity index (χ0v) is 24.3. The maximum absolute atomic E-state index is 14.1. The molecule has 0 spiro atoms. The highest BCUT2D eigenvalue weighted by atomic mass is 32.2. The second-order valence-corrected chi connectivity index (χ2v) is 11.8. The molecule has 0 bridgehead atoms. The van der Waals surface area contributed by atoms with Gasteiger partial charge in [0.25, 0.3) is 15.8 Å². The van der Waals surface area contributed by atoms with Gasteiger partial charge in [-0.05, 0) is 55.2 Å². The Bertz CT molecular complexity index is 1560. The van der Waals surface area contributed by atoms with E-state index in [2.05, 4.69) is 15.0 Å². The van der Waals surface area contributed by atoms with Gasteiger partial charge in [0.2, 0.25) is 0 Å². The van der Waals surface area contributed by atoms with Crippen molar-refractivity contribution in [3.63, 3.8) is 0 Å². The average molecular weight is 553 g/mol. The van der Waals surface area contributed by atoms with Gasteiger partial charge in [0.15, 0.2) is 17.2 Å². The summed E-state index contributed by atoms with van der Waals surface area (Å²) in [5.41, 5.74) is 3.04. The van der Waals surface area contributed by atoms with Gasteiger partial charge in [-0.15, -0.1) is 4.68 Å². The first-order valence-electron chi connectivity index (χ1n) is 12.4. The van der Waals surface area contributed by atoms with Crippen molar-refractivity contribution >= 4 is 16.0 Å². The lowest BCUT2D eigenvalue weighted by molar-refractivity contribution is -0.571. The molecule has 0 saturated carbocycles. The van der Waals surface area contributed by atoms with Gasteiger partial charge < -0.3 is 9.47 Å². The largest absolute Gasteiger partial charge is 0.493 e. The Hall–Kier alpha value is -4.06. The van der Waals surface area contributed by atoms with Gasteiger partial charge in [0, 0.05) is 30.7 Å². The summed E-state index contributed by atoms with van der Waals surface area (Å²) in [6.45, 7) is 7.29. The minimum atomic E-state index is -3.94. The predicted octanol–water partition coefficient (Wildman–Crippen LogP) is 3.14. The van der Waals surface area contributed by atoms with E-state index in [1.54, 1.807) is 75.7 Å². The van der Waals surface area contributed by atoms with Gasteiger partial charge >= 0.3 is 5.95 Å². The first kappa shape index (κ1) is 28.0. The number of aromatic nitrogens is 6. The molecule has 4 rings (SSSR count). The molecular weight excluding hydrogens is 518 g/mol. The standard InChI is InChI=1S/C27H34N7O4S/c1-17-12-21(16-28-13-17)26-31-32(5)27(34(26)24-22(37-7)10-9-11-23(24)38-8)33(6)39(35,36)20(4)19(3)25-29-14-18(2)15-30-25/h9-16,19-20H,1-8H3/q+1/t19-,20-/m0/s1. The average Bonchev–Trinajstić information content (AvgIpc) is 3.27. The van der Waals surface area contributed by atoms with Crippen molar-refractivity contribution in [1.82, 2.24) is 24.7 Å². The molecule has 206 valence electrons. The molecule has 0 N–H and O–H groups in total. The van der Waals surface area contributed by atoms with Crippen LogP contribution in [0.1, 0.15) is 36.7 Å². The fourth-order valence-corrected chi connectivity index (χ4v) is 5.97. The van der Waals surface area contributed by atoms with E-state index in [9.17, 15) is 8.42 Å². The molecule has 0 aliphatic carbocycles. The van der Waals surface area contributed by atoms with Crippen molar-refractivity contribution in [3.05, 3.63) is 66.0 Å². The molecule has 3 heterocycles. The van der Waals surface area contributed by atoms with Crippen LogP contribution in [0.2, 0.25) is 0 Å². The topological polar surface area (TPSA) is 116 Å². The van der Waals surface area contributed by atoms with E-state index in [0.717, 1.165) is 11.1 Å². The summed E-state index contributed by atoms with van der Waals surface area (Å²) in [4.78, 5) is 13.1. The molecule has 3 aromatic heterocycles. The maximum Gasteiger partial charge on any atom is 0.366 e. The second kappa shape index (κ2) is 11.0. The third kappa shape index (κ3) is 5.16. The van der Waals surface area contributed by atoms with Crippen molar-refractivity contribution in [3.8, 4) is 28.6 Å². The highest BCUT2D eigenvalue weighted by Gasteiger charge is 2.42. The van der Waals surface area contributed by atoms with Crippen LogP contribution >= 0.6 is 0 Å². The van der Waals surface area contributed by atoms with Gasteiger partial charge in [-0.2, -0.15) is 17.3 Å². The number of rotatable bonds is 9. The van der Waals surface area contributed by atoms with Crippen molar-refractivity contribution in [1.29, 1.82) is 0 Å². The van der Waals surface area contributed by atoms with E-state index in [4.69, 9.17) is 14.6 Å². The van der Waals surface area contributed by atoms with Crippen LogP contribution in [0.4, 0.5) is 5.95 Å². The molecule has 39 heavy (non-hydrogen) atoms. The number of ether oxygens (including phenoxy) is 2. The van der Waals surface area contributed by atoms with Crippen molar-refractivity contribution < 1.29 is 22.5 Å². The Morgan fingerprint density at radius 1 is 0.974 bits per heavy atom. The first-order valence-corrected chi connectivity index (χ1v) is 13.9. The Labute approximate surface area is 229 Å². The zero-order valence-electron chi connectivity index (χ0n) is 23.4. The normalized spacial score (nSPS) is 13.1. The Kier molecular flexibility index (Phi) is 7.86. The van der Waals surface area contributed by atoms with Gasteiger partial charge in [0.05, 0.1) is 39.1 Å². The van der Waals surface area contributed by atoms with E-state index in [1.807, 2.05) is 26.8 Å². The van der Waals surface area contributed by atoms with Crippen LogP contribution in [0.5, 0.6) is 11.5 Å². The quantitative estimate of drug-likeness (QED) is 0.291. The van der Waals surface area contributed by atoms with Gasteiger partial charge in [-0.3, -0.25) is 4.98 Å². The first-order chi connectivity index (χ1) is 18.5. The van der Waals surface area contributed by atoms with Crippen LogP contribution < -0.4 is 18.3 Å². The number of hydrogen-bond acceptors (Lipinski definition) is 8. The third-order valence-corrected chi connectivity index (χ3v) is 9.02. The van der Waals surface area contributed by atoms with Crippen LogP contribution in [0, 0.1) is 13.8 Å². The summed E-state index contributed by atoms with van der Waals surface area (Å²) in [6.07, 6.45) is 6.81. The van der Waals surface area contributed by atoms with Crippen LogP contribution in [0.15, 0.2) is 49.1 Å². The molecule has 0 amide bonds. The van der Waals surface area contributed by atoms with Crippen LogP contribution in [-0.4, -0.2) is 59.7 Å². The lowest BCUT2D eigenvalue weighted by atomic mass is 10.1. The summed E-state index contributed by atoms with van der Waals surface area (Å²) in [5.74, 6) is 1.70. The lowest BCUT2D eigenvalue weighted by Crippen LogP contribution is -2.46. The number of benzene rings is 1. The summed E-state index contributed by atoms with van der Waals surface area (Å²) >= 11 is 0. The molecular formula is C27H34N7O4S+. The summed E-state index contributed by atoms with van der Waals surface area (Å²) in [5, 5.41) is 3.90. The molecule has 12 heteroatoms. The minimum absolute atomic E-state index is 0.276. The summed E-state index contributed by atoms with van der Waals surface area (Å²) < 4.78 is 44.1. The Morgan fingerprint density at radius 3 is 2.15 bits per heavy atom. The number of hydrogen-bond donors (Lipinski definition) is 0. The number of nitrogens with zero attached hydrogens (tertiary/aromatic N) is 7. The van der Waals surface area contributed by atoms with E-state index >= 15 is 0 Å². The lowest BCUT2D eigenvalue weighted by Gasteiger charge is -2.24. The van der Waals surface area contributed by atoms with Gasteiger partial charge in [-0.1, -0.05) is 13.0 Å². The molecule has 0 fully saturated rings. The van der Waals surface area contributed by atoms with Gasteiger partial charge in [0.1, 0.15) is 5.82 Å². The number of methoxy groups -OCH3 is 2. The fourth-order valence-electron chi connectivity index (χ4n) is 4.41. The Balaban J connectivity index is 1.94. The minimum Gasteiger partial charge on any atom is -0.493 e. The molecule has 0 saturated heterocycles. The SMILES string of the molecule is COc1cccc(OC)c1-[n+]1c(-c2cncc(C)c2)nn(C)c1N(C)S(=O)(=O)[C@@H](C)[C@H](C)c1ncc(C)cn1. The molecule has 11 nitrogen and oxygen atoms in total. The number of pyridine rings is 1. The predicted molar refractivity (Wildman–Crippen MR) is 148 cm³/mol. The zero-order chi connectivity index (χ0) is 28.5. The molecule has 2 atom stereocenters. The van der Waals surface area contributed by atoms with E-state index in [-0.39, 0.29) is 5.95 Å². The van der Waals surface area contributed by atoms with E-state index < -0.39 is 21.2 Å². The van der Waals surface area contributed by atoms with Crippen molar-refractivity contribution in [2.75, 3.05) is 25.6 Å².